The molecule has 0 radical (unpaired) electrons. The van der Waals surface area contributed by atoms with Crippen molar-refractivity contribution in [3.8, 4) is 11.5 Å². The fourth-order valence-electron chi connectivity index (χ4n) is 3.25. The normalized spacial score (nSPS) is 18.7. The Balaban J connectivity index is 1.48. The monoisotopic (exact) mass is 546 g/mol. The molecule has 2 aromatic carbocycles. The summed E-state index contributed by atoms with van der Waals surface area (Å²) < 4.78 is 44.0. The molecule has 2 atom stereocenters. The zero-order valence-corrected chi connectivity index (χ0v) is 22.6. The Morgan fingerprint density at radius 2 is 1.26 bits per heavy atom. The van der Waals surface area contributed by atoms with Crippen LogP contribution in [0.1, 0.15) is 41.0 Å². The first-order valence-corrected chi connectivity index (χ1v) is 13.2. The Morgan fingerprint density at radius 1 is 0.744 bits per heavy atom. The van der Waals surface area contributed by atoms with Crippen molar-refractivity contribution >= 4 is 11.9 Å². The zero-order valence-electron chi connectivity index (χ0n) is 22.6. The number of hydrogen-bond donors (Lipinski definition) is 0. The number of rotatable bonds is 8. The Labute approximate surface area is 229 Å². The predicted molar refractivity (Wildman–Crippen MR) is 141 cm³/mol. The number of esters is 2. The lowest BCUT2D eigenvalue weighted by Crippen LogP contribution is -2.29. The van der Waals surface area contributed by atoms with Crippen LogP contribution in [0.2, 0.25) is 0 Å². The van der Waals surface area contributed by atoms with Crippen LogP contribution in [-0.2, 0) is 28.4 Å². The van der Waals surface area contributed by atoms with Crippen LogP contribution in [0.15, 0.2) is 48.5 Å². The molecule has 0 saturated carbocycles. The van der Waals surface area contributed by atoms with E-state index in [2.05, 4.69) is 13.8 Å². The van der Waals surface area contributed by atoms with Gasteiger partial charge in [0.05, 0.1) is 70.6 Å². The molecule has 1 aliphatic rings. The number of hydrogen-bond acceptors (Lipinski definition) is 10. The van der Waals surface area contributed by atoms with Crippen molar-refractivity contribution in [2.24, 2.45) is 5.92 Å². The van der Waals surface area contributed by atoms with Crippen molar-refractivity contribution < 1.29 is 47.5 Å². The van der Waals surface area contributed by atoms with Crippen LogP contribution in [0.5, 0.6) is 11.5 Å². The molecule has 0 amide bonds. The lowest BCUT2D eigenvalue weighted by molar-refractivity contribution is -0.152. The molecule has 214 valence electrons. The van der Waals surface area contributed by atoms with Gasteiger partial charge in [-0.3, -0.25) is 0 Å². The molecule has 0 aromatic heterocycles. The fraction of sp³-hybridized carbons (Fsp3) is 0.517. The summed E-state index contributed by atoms with van der Waals surface area (Å²) in [4.78, 5) is 25.2. The summed E-state index contributed by atoms with van der Waals surface area (Å²) in [6, 6.07) is 12.9. The summed E-state index contributed by atoms with van der Waals surface area (Å²) in [5, 5.41) is 0. The molecule has 1 fully saturated rings. The van der Waals surface area contributed by atoms with E-state index in [9.17, 15) is 9.59 Å². The molecule has 0 bridgehead atoms. The Morgan fingerprint density at radius 3 is 1.85 bits per heavy atom. The lowest BCUT2D eigenvalue weighted by atomic mass is 10.1. The minimum absolute atomic E-state index is 0.0444. The maximum absolute atomic E-state index is 12.7. The van der Waals surface area contributed by atoms with Gasteiger partial charge in [-0.1, -0.05) is 20.3 Å². The molecule has 1 saturated heterocycles. The van der Waals surface area contributed by atoms with Crippen LogP contribution in [0.3, 0.4) is 0 Å². The second-order valence-electron chi connectivity index (χ2n) is 8.88. The maximum Gasteiger partial charge on any atom is 0.343 e. The van der Waals surface area contributed by atoms with Crippen molar-refractivity contribution in [2.45, 2.75) is 26.6 Å². The molecule has 0 spiro atoms. The van der Waals surface area contributed by atoms with Crippen molar-refractivity contribution in [1.82, 2.24) is 0 Å². The first kappa shape index (κ1) is 30.5. The molecule has 1 heterocycles. The molecule has 3 rings (SSSR count). The number of carbonyl (C=O) groups excluding carboxylic acids is 2. The van der Waals surface area contributed by atoms with Crippen molar-refractivity contribution in [2.75, 3.05) is 66.1 Å². The SMILES string of the molecule is CC[C@H](C)COc1ccc(C(=O)Oc2ccc(C(=O)OC3COCCOCCOCCOCCO3)cc2)cc1. The van der Waals surface area contributed by atoms with Gasteiger partial charge in [-0.05, 0) is 54.4 Å². The average Bonchev–Trinajstić information content (AvgIpc) is 2.97. The summed E-state index contributed by atoms with van der Waals surface area (Å²) in [5.74, 6) is 0.330. The minimum Gasteiger partial charge on any atom is -0.493 e. The summed E-state index contributed by atoms with van der Waals surface area (Å²) >= 11 is 0. The van der Waals surface area contributed by atoms with E-state index in [-0.39, 0.29) is 18.8 Å². The quantitative estimate of drug-likeness (QED) is 0.357. The standard InChI is InChI=1S/C29H38O10/c1-3-22(2)20-37-25-8-4-23(5-9-25)28(30)38-26-10-6-24(7-11-26)29(31)39-27-21-35-17-16-33-13-12-32-14-15-34-18-19-36-27/h4-11,22,27H,3,12-21H2,1-2H3/t22-,27?/m0/s1. The van der Waals surface area contributed by atoms with Gasteiger partial charge in [0.15, 0.2) is 0 Å². The number of ether oxygens (including phenoxy) is 8. The zero-order chi connectivity index (χ0) is 27.7. The maximum atomic E-state index is 12.7. The fourth-order valence-corrected chi connectivity index (χ4v) is 3.25. The van der Waals surface area contributed by atoms with E-state index in [1.807, 2.05) is 0 Å². The van der Waals surface area contributed by atoms with E-state index < -0.39 is 18.2 Å². The van der Waals surface area contributed by atoms with Gasteiger partial charge in [0.1, 0.15) is 18.1 Å². The summed E-state index contributed by atoms with van der Waals surface area (Å²) in [7, 11) is 0. The Bertz CT molecular complexity index is 961. The molecular formula is C29H38O10. The molecule has 2 aromatic rings. The van der Waals surface area contributed by atoms with Crippen LogP contribution in [0.4, 0.5) is 0 Å². The van der Waals surface area contributed by atoms with Crippen molar-refractivity contribution in [3.05, 3.63) is 59.7 Å². The Hall–Kier alpha value is -3.02. The largest absolute Gasteiger partial charge is 0.493 e. The highest BCUT2D eigenvalue weighted by Crippen LogP contribution is 2.18. The highest BCUT2D eigenvalue weighted by Gasteiger charge is 2.18. The first-order valence-electron chi connectivity index (χ1n) is 13.2. The van der Waals surface area contributed by atoms with Gasteiger partial charge in [-0.25, -0.2) is 9.59 Å². The summed E-state index contributed by atoms with van der Waals surface area (Å²) in [5.41, 5.74) is 0.659. The van der Waals surface area contributed by atoms with E-state index >= 15 is 0 Å². The lowest BCUT2D eigenvalue weighted by Gasteiger charge is -2.18. The van der Waals surface area contributed by atoms with Crippen LogP contribution in [0.25, 0.3) is 0 Å². The molecule has 1 aliphatic heterocycles. The molecule has 10 nitrogen and oxygen atoms in total. The summed E-state index contributed by atoms with van der Waals surface area (Å²) in [6.45, 7) is 7.98. The van der Waals surface area contributed by atoms with Crippen molar-refractivity contribution in [3.63, 3.8) is 0 Å². The van der Waals surface area contributed by atoms with E-state index in [1.165, 1.54) is 24.3 Å². The molecule has 10 heteroatoms. The predicted octanol–water partition coefficient (Wildman–Crippen LogP) is 3.91. The highest BCUT2D eigenvalue weighted by atomic mass is 16.7. The van der Waals surface area contributed by atoms with Crippen molar-refractivity contribution in [1.29, 1.82) is 0 Å². The third kappa shape index (κ3) is 11.7. The smallest absolute Gasteiger partial charge is 0.343 e. The van der Waals surface area contributed by atoms with Gasteiger partial charge < -0.3 is 37.9 Å². The summed E-state index contributed by atoms with van der Waals surface area (Å²) in [6.07, 6.45) is 0.114. The van der Waals surface area contributed by atoms with Gasteiger partial charge in [-0.2, -0.15) is 0 Å². The van der Waals surface area contributed by atoms with E-state index in [0.717, 1.165) is 6.42 Å². The molecule has 1 unspecified atom stereocenters. The van der Waals surface area contributed by atoms with Gasteiger partial charge in [-0.15, -0.1) is 0 Å². The Kier molecular flexibility index (Phi) is 13.7. The van der Waals surface area contributed by atoms with E-state index in [1.54, 1.807) is 24.3 Å². The van der Waals surface area contributed by atoms with Crippen LogP contribution in [0, 0.1) is 5.92 Å². The highest BCUT2D eigenvalue weighted by molar-refractivity contribution is 5.92. The van der Waals surface area contributed by atoms with Gasteiger partial charge in [0.25, 0.3) is 0 Å². The number of benzene rings is 2. The van der Waals surface area contributed by atoms with Crippen LogP contribution < -0.4 is 9.47 Å². The first-order chi connectivity index (χ1) is 19.0. The molecule has 0 N–H and O–H groups in total. The van der Waals surface area contributed by atoms with Gasteiger partial charge in [0, 0.05) is 0 Å². The van der Waals surface area contributed by atoms with E-state index in [0.29, 0.717) is 75.8 Å². The molecule has 39 heavy (non-hydrogen) atoms. The van der Waals surface area contributed by atoms with Crippen LogP contribution in [-0.4, -0.2) is 84.3 Å². The number of carbonyl (C=O) groups is 2. The third-order valence-electron chi connectivity index (χ3n) is 5.76. The topological polar surface area (TPSA) is 108 Å². The van der Waals surface area contributed by atoms with E-state index in [4.69, 9.17) is 37.9 Å². The second-order valence-corrected chi connectivity index (χ2v) is 8.88. The van der Waals surface area contributed by atoms with Gasteiger partial charge in [0.2, 0.25) is 6.29 Å². The minimum atomic E-state index is -0.919. The molecular weight excluding hydrogens is 508 g/mol. The van der Waals surface area contributed by atoms with Gasteiger partial charge >= 0.3 is 11.9 Å². The second kappa shape index (κ2) is 17.5. The molecule has 0 aliphatic carbocycles. The average molecular weight is 547 g/mol. The van der Waals surface area contributed by atoms with Crippen LogP contribution >= 0.6 is 0 Å². The third-order valence-corrected chi connectivity index (χ3v) is 5.76.